The van der Waals surface area contributed by atoms with Crippen molar-refractivity contribution in [1.29, 1.82) is 0 Å². The average Bonchev–Trinajstić information content (AvgIpc) is 2.81. The van der Waals surface area contributed by atoms with Crippen LogP contribution in [-0.2, 0) is 20.9 Å². The second-order valence-corrected chi connectivity index (χ2v) is 10.9. The molecule has 1 fully saturated rings. The lowest BCUT2D eigenvalue weighted by Crippen LogP contribution is -2.54. The molecule has 1 aromatic rings. The molecule has 1 aliphatic carbocycles. The van der Waals surface area contributed by atoms with Gasteiger partial charge >= 0.3 is 12.1 Å². The Bertz CT molecular complexity index is 756. The van der Waals surface area contributed by atoms with E-state index in [9.17, 15) is 9.59 Å². The van der Waals surface area contributed by atoms with Crippen molar-refractivity contribution in [3.63, 3.8) is 0 Å². The fourth-order valence-corrected chi connectivity index (χ4v) is 5.44. The number of rotatable bonds is 12. The fraction of sp³-hybridized carbons (Fsp3) is 0.692. The van der Waals surface area contributed by atoms with Crippen molar-refractivity contribution in [2.24, 2.45) is 17.8 Å². The molecule has 0 heterocycles. The summed E-state index contributed by atoms with van der Waals surface area (Å²) in [5.41, 5.74) is 0.817. The van der Waals surface area contributed by atoms with Crippen LogP contribution in [0.1, 0.15) is 71.3 Å². The number of carbonyl (C=O) groups excluding carboxylic acids is 2. The zero-order valence-electron chi connectivity index (χ0n) is 20.4. The molecular weight excluding hydrogens is 555 g/mol. The van der Waals surface area contributed by atoms with Crippen molar-refractivity contribution < 1.29 is 27.8 Å². The zero-order chi connectivity index (χ0) is 25.1. The predicted molar refractivity (Wildman–Crippen MR) is 137 cm³/mol. The second-order valence-electron chi connectivity index (χ2n) is 9.56. The minimum atomic E-state index is -3.36. The molecule has 1 amide bonds. The van der Waals surface area contributed by atoms with Crippen LogP contribution in [0.5, 0.6) is 0 Å². The number of alkyl carbamates (subject to hydrolysis) is 1. The van der Waals surface area contributed by atoms with Crippen molar-refractivity contribution >= 4 is 34.7 Å². The first kappa shape index (κ1) is 28.8. The third kappa shape index (κ3) is 8.96. The Morgan fingerprint density at radius 2 is 1.76 bits per heavy atom. The molecule has 8 heteroatoms. The number of carbonyl (C=O) groups is 2. The lowest BCUT2D eigenvalue weighted by atomic mass is 9.81. The highest BCUT2D eigenvalue weighted by Gasteiger charge is 2.53. The third-order valence-corrected chi connectivity index (χ3v) is 7.99. The Morgan fingerprint density at radius 3 is 2.35 bits per heavy atom. The standard InChI is InChI=1S/C26H38F2INO4/c1-4-33-24(31)21(15-18(2)3)26(27,28)23(29)22(16-19-11-7-5-8-12-19)30-25(32)34-17-20-13-9-6-10-14-20/h6,9-10,13-14,18-19,21-23H,4-5,7-8,11-12,15-17H2,1-3H3,(H,30,32)/t21-,22-,23-/m1/s1. The highest BCUT2D eigenvalue weighted by Crippen LogP contribution is 2.41. The summed E-state index contributed by atoms with van der Waals surface area (Å²) in [6.45, 7) is 5.33. The zero-order valence-corrected chi connectivity index (χ0v) is 22.6. The number of ether oxygens (including phenoxy) is 2. The van der Waals surface area contributed by atoms with Gasteiger partial charge in [0.2, 0.25) is 0 Å². The van der Waals surface area contributed by atoms with E-state index < -0.39 is 33.9 Å². The van der Waals surface area contributed by atoms with Crippen LogP contribution in [0.4, 0.5) is 13.6 Å². The van der Waals surface area contributed by atoms with Gasteiger partial charge in [0.15, 0.2) is 0 Å². The molecule has 1 saturated carbocycles. The third-order valence-electron chi connectivity index (χ3n) is 6.29. The van der Waals surface area contributed by atoms with Crippen LogP contribution in [0.2, 0.25) is 0 Å². The van der Waals surface area contributed by atoms with Gasteiger partial charge in [-0.1, -0.05) is 98.9 Å². The van der Waals surface area contributed by atoms with Gasteiger partial charge < -0.3 is 14.8 Å². The summed E-state index contributed by atoms with van der Waals surface area (Å²) in [4.78, 5) is 25.1. The van der Waals surface area contributed by atoms with Crippen LogP contribution >= 0.6 is 22.6 Å². The Morgan fingerprint density at radius 1 is 1.12 bits per heavy atom. The van der Waals surface area contributed by atoms with Gasteiger partial charge in [-0.2, -0.15) is 0 Å². The highest BCUT2D eigenvalue weighted by molar-refractivity contribution is 14.1. The molecule has 0 aliphatic heterocycles. The maximum absolute atomic E-state index is 15.8. The summed E-state index contributed by atoms with van der Waals surface area (Å²) < 4.78 is 40.7. The minimum Gasteiger partial charge on any atom is -0.466 e. The summed E-state index contributed by atoms with van der Waals surface area (Å²) in [6.07, 6.45) is 4.92. The van der Waals surface area contributed by atoms with Crippen molar-refractivity contribution in [3.05, 3.63) is 35.9 Å². The van der Waals surface area contributed by atoms with Gasteiger partial charge in [0.1, 0.15) is 12.5 Å². The minimum absolute atomic E-state index is 0.0138. The molecule has 34 heavy (non-hydrogen) atoms. The topological polar surface area (TPSA) is 64.6 Å². The molecule has 2 rings (SSSR count). The molecular formula is C26H38F2INO4. The number of benzene rings is 1. The van der Waals surface area contributed by atoms with Gasteiger partial charge in [0.25, 0.3) is 5.92 Å². The molecule has 0 aromatic heterocycles. The first-order valence-electron chi connectivity index (χ1n) is 12.3. The molecule has 0 bridgehead atoms. The van der Waals surface area contributed by atoms with Crippen molar-refractivity contribution in [1.82, 2.24) is 5.32 Å². The smallest absolute Gasteiger partial charge is 0.407 e. The Labute approximate surface area is 215 Å². The van der Waals surface area contributed by atoms with Crippen LogP contribution in [-0.4, -0.2) is 34.6 Å². The van der Waals surface area contributed by atoms with Crippen LogP contribution in [0.25, 0.3) is 0 Å². The van der Waals surface area contributed by atoms with Gasteiger partial charge in [-0.3, -0.25) is 4.79 Å². The molecule has 192 valence electrons. The van der Waals surface area contributed by atoms with Gasteiger partial charge in [-0.05, 0) is 37.2 Å². The first-order valence-corrected chi connectivity index (χ1v) is 13.5. The number of nitrogens with one attached hydrogen (secondary N) is 1. The quantitative estimate of drug-likeness (QED) is 0.163. The van der Waals surface area contributed by atoms with Crippen LogP contribution in [0.15, 0.2) is 30.3 Å². The number of halogens is 3. The van der Waals surface area contributed by atoms with Crippen LogP contribution in [0.3, 0.4) is 0 Å². The summed E-state index contributed by atoms with van der Waals surface area (Å²) in [5.74, 6) is -5.66. The Balaban J connectivity index is 2.18. The average molecular weight is 593 g/mol. The summed E-state index contributed by atoms with van der Waals surface area (Å²) in [5, 5.41) is 2.72. The van der Waals surface area contributed by atoms with E-state index in [0.29, 0.717) is 6.42 Å². The number of hydrogen-bond acceptors (Lipinski definition) is 4. The molecule has 1 N–H and O–H groups in total. The lowest BCUT2D eigenvalue weighted by Gasteiger charge is -2.36. The monoisotopic (exact) mass is 593 g/mol. The number of esters is 1. The van der Waals surface area contributed by atoms with Crippen molar-refractivity contribution in [2.45, 2.75) is 88.2 Å². The largest absolute Gasteiger partial charge is 0.466 e. The van der Waals surface area contributed by atoms with E-state index in [1.54, 1.807) is 29.5 Å². The Kier molecular flexibility index (Phi) is 12.0. The van der Waals surface area contributed by atoms with Crippen LogP contribution < -0.4 is 5.32 Å². The molecule has 0 saturated heterocycles. The summed E-state index contributed by atoms with van der Waals surface area (Å²) in [7, 11) is 0. The molecule has 3 atom stereocenters. The second kappa shape index (κ2) is 14.2. The molecule has 0 spiro atoms. The molecule has 0 radical (unpaired) electrons. The van der Waals surface area contributed by atoms with Crippen LogP contribution in [0, 0.1) is 17.8 Å². The van der Waals surface area contributed by atoms with E-state index in [1.807, 2.05) is 44.2 Å². The van der Waals surface area contributed by atoms with E-state index in [-0.39, 0.29) is 31.5 Å². The maximum atomic E-state index is 15.8. The van der Waals surface area contributed by atoms with Gasteiger partial charge in [0, 0.05) is 0 Å². The predicted octanol–water partition coefficient (Wildman–Crippen LogP) is 6.92. The highest BCUT2D eigenvalue weighted by atomic mass is 127. The van der Waals surface area contributed by atoms with Crippen molar-refractivity contribution in [2.75, 3.05) is 6.61 Å². The number of hydrogen-bond donors (Lipinski definition) is 1. The van der Waals surface area contributed by atoms with Gasteiger partial charge in [0.05, 0.1) is 16.6 Å². The number of amides is 1. The van der Waals surface area contributed by atoms with Gasteiger partial charge in [-0.15, -0.1) is 0 Å². The molecule has 1 aliphatic rings. The summed E-state index contributed by atoms with van der Waals surface area (Å²) >= 11 is 1.71. The van der Waals surface area contributed by atoms with E-state index in [1.165, 1.54) is 0 Å². The molecule has 1 aromatic carbocycles. The summed E-state index contributed by atoms with van der Waals surface area (Å²) in [6, 6.07) is 8.38. The van der Waals surface area contributed by atoms with Gasteiger partial charge in [-0.25, -0.2) is 13.6 Å². The van der Waals surface area contributed by atoms with E-state index in [2.05, 4.69) is 5.32 Å². The maximum Gasteiger partial charge on any atom is 0.407 e. The van der Waals surface area contributed by atoms with E-state index in [4.69, 9.17) is 9.47 Å². The lowest BCUT2D eigenvalue weighted by molar-refractivity contribution is -0.165. The SMILES string of the molecule is CCOC(=O)[C@@H](CC(C)C)C(F)(F)[C@H](I)[C@@H](CC1CCCCC1)NC(=O)OCc1ccccc1. The normalized spacial score (nSPS) is 17.6. The van der Waals surface area contributed by atoms with E-state index in [0.717, 1.165) is 37.7 Å². The van der Waals surface area contributed by atoms with E-state index >= 15 is 8.78 Å². The molecule has 5 nitrogen and oxygen atoms in total. The fourth-order valence-electron chi connectivity index (χ4n) is 4.53. The number of alkyl halides is 3. The van der Waals surface area contributed by atoms with Crippen molar-refractivity contribution in [3.8, 4) is 0 Å². The Hall–Kier alpha value is -1.45. The first-order chi connectivity index (χ1) is 16.1. The molecule has 0 unspecified atom stereocenters.